The maximum atomic E-state index is 14.0. The molecule has 0 atom stereocenters. The second-order valence-corrected chi connectivity index (χ2v) is 12.5. The van der Waals surface area contributed by atoms with Crippen molar-refractivity contribution in [2.24, 2.45) is 0 Å². The maximum absolute atomic E-state index is 14.0. The number of morpholine rings is 1. The van der Waals surface area contributed by atoms with Gasteiger partial charge in [-0.3, -0.25) is 19.4 Å². The van der Waals surface area contributed by atoms with Gasteiger partial charge in [0.25, 0.3) is 5.91 Å². The van der Waals surface area contributed by atoms with Gasteiger partial charge in [-0.05, 0) is 60.2 Å². The molecule has 45 heavy (non-hydrogen) atoms. The molecule has 2 N–H and O–H groups in total. The molecule has 0 aliphatic carbocycles. The summed E-state index contributed by atoms with van der Waals surface area (Å²) in [4.78, 5) is 33.4. The van der Waals surface area contributed by atoms with Crippen molar-refractivity contribution in [3.63, 3.8) is 0 Å². The van der Waals surface area contributed by atoms with Crippen LogP contribution in [0.5, 0.6) is 0 Å². The summed E-state index contributed by atoms with van der Waals surface area (Å²) in [7, 11) is 0. The highest BCUT2D eigenvalue weighted by Crippen LogP contribution is 2.38. The first-order valence-electron chi connectivity index (χ1n) is 15.9. The SMILES string of the molecule is O=C(CN1C(=O)c2ccccc2/C(=C\CCN2CCC(O)(c3ccc(Cl)cc3)CC2)c2ccccc21)NCCN1CCOCC1. The van der Waals surface area contributed by atoms with E-state index in [1.807, 2.05) is 72.8 Å². The monoisotopic (exact) mass is 628 g/mol. The van der Waals surface area contributed by atoms with E-state index in [-0.39, 0.29) is 18.4 Å². The second-order valence-electron chi connectivity index (χ2n) is 12.0. The van der Waals surface area contributed by atoms with E-state index >= 15 is 0 Å². The summed E-state index contributed by atoms with van der Waals surface area (Å²) in [5.74, 6) is -0.359. The number of anilines is 1. The quantitative estimate of drug-likeness (QED) is 0.362. The molecular formula is C36H41ClN4O4. The molecule has 2 fully saturated rings. The Balaban J connectivity index is 1.15. The van der Waals surface area contributed by atoms with Crippen molar-refractivity contribution in [3.05, 3.63) is 106 Å². The fourth-order valence-electron chi connectivity index (χ4n) is 6.58. The molecule has 3 aromatic rings. The van der Waals surface area contributed by atoms with Crippen LogP contribution in [0.25, 0.3) is 5.57 Å². The summed E-state index contributed by atoms with van der Waals surface area (Å²) in [5.41, 5.74) is 4.22. The van der Waals surface area contributed by atoms with E-state index in [0.29, 0.717) is 43.2 Å². The number of carbonyl (C=O) groups excluding carboxylic acids is 2. The number of rotatable bonds is 9. The minimum absolute atomic E-state index is 0.0507. The van der Waals surface area contributed by atoms with Crippen LogP contribution in [0.1, 0.15) is 46.3 Å². The second kappa shape index (κ2) is 14.3. The van der Waals surface area contributed by atoms with Gasteiger partial charge in [0.2, 0.25) is 5.91 Å². The zero-order valence-electron chi connectivity index (χ0n) is 25.6. The number of ether oxygens (including phenoxy) is 1. The van der Waals surface area contributed by atoms with Gasteiger partial charge in [-0.1, -0.05) is 66.2 Å². The molecule has 8 nitrogen and oxygen atoms in total. The normalized spacial score (nSPS) is 19.6. The molecule has 3 aliphatic heterocycles. The molecule has 236 valence electrons. The van der Waals surface area contributed by atoms with Gasteiger partial charge in [0, 0.05) is 62.0 Å². The number of halogens is 1. The Morgan fingerprint density at radius 1 is 0.867 bits per heavy atom. The summed E-state index contributed by atoms with van der Waals surface area (Å²) >= 11 is 6.06. The van der Waals surface area contributed by atoms with Crippen molar-refractivity contribution >= 4 is 34.7 Å². The number of nitrogens with one attached hydrogen (secondary N) is 1. The smallest absolute Gasteiger partial charge is 0.259 e. The van der Waals surface area contributed by atoms with Crippen molar-refractivity contribution in [2.75, 3.05) is 70.5 Å². The summed E-state index contributed by atoms with van der Waals surface area (Å²) in [6.07, 6.45) is 4.33. The highest BCUT2D eigenvalue weighted by molar-refractivity contribution is 6.30. The Morgan fingerprint density at radius 3 is 2.24 bits per heavy atom. The van der Waals surface area contributed by atoms with Crippen molar-refractivity contribution in [1.29, 1.82) is 0 Å². The number of benzene rings is 3. The standard InChI is InChI=1S/C36H41ClN4O4/c37-28-13-11-27(12-14-28)36(44)15-19-39(20-16-36)18-5-9-29-30-6-1-2-8-32(30)35(43)41(33-10-4-3-7-31(29)33)26-34(42)38-17-21-40-22-24-45-25-23-40/h1-4,6-14,44H,5,15-26H2,(H,38,42)/b29-9+. The van der Waals surface area contributed by atoms with E-state index in [0.717, 1.165) is 73.6 Å². The number of fused-ring (bicyclic) bond motifs is 2. The van der Waals surface area contributed by atoms with Crippen LogP contribution in [-0.2, 0) is 15.1 Å². The molecule has 0 radical (unpaired) electrons. The van der Waals surface area contributed by atoms with Gasteiger partial charge in [0.05, 0.1) is 24.5 Å². The first-order valence-corrected chi connectivity index (χ1v) is 16.3. The number of piperidine rings is 1. The Kier molecular flexibility index (Phi) is 9.97. The third kappa shape index (κ3) is 7.32. The fraction of sp³-hybridized carbons (Fsp3) is 0.389. The van der Waals surface area contributed by atoms with Crippen LogP contribution in [0.15, 0.2) is 78.9 Å². The van der Waals surface area contributed by atoms with Crippen molar-refractivity contribution in [3.8, 4) is 0 Å². The van der Waals surface area contributed by atoms with Crippen molar-refractivity contribution in [2.45, 2.75) is 24.9 Å². The average molecular weight is 629 g/mol. The van der Waals surface area contributed by atoms with Crippen LogP contribution in [-0.4, -0.2) is 92.3 Å². The largest absolute Gasteiger partial charge is 0.385 e. The van der Waals surface area contributed by atoms with E-state index in [1.54, 1.807) is 4.90 Å². The topological polar surface area (TPSA) is 85.4 Å². The minimum Gasteiger partial charge on any atom is -0.385 e. The van der Waals surface area contributed by atoms with Gasteiger partial charge in [-0.25, -0.2) is 0 Å². The number of hydrogen-bond donors (Lipinski definition) is 2. The number of likely N-dealkylation sites (tertiary alicyclic amines) is 1. The summed E-state index contributed by atoms with van der Waals surface area (Å²) in [6, 6.07) is 23.0. The lowest BCUT2D eigenvalue weighted by molar-refractivity contribution is -0.119. The first kappa shape index (κ1) is 31.5. The molecule has 9 heteroatoms. The van der Waals surface area contributed by atoms with Gasteiger partial charge in [-0.2, -0.15) is 0 Å². The Hall–Kier alpha value is -3.53. The molecule has 2 amide bonds. The third-order valence-electron chi connectivity index (χ3n) is 9.19. The van der Waals surface area contributed by atoms with Crippen LogP contribution in [0, 0.1) is 0 Å². The molecule has 3 aliphatic rings. The van der Waals surface area contributed by atoms with E-state index in [4.69, 9.17) is 16.3 Å². The van der Waals surface area contributed by atoms with Crippen molar-refractivity contribution < 1.29 is 19.4 Å². The molecule has 2 saturated heterocycles. The van der Waals surface area contributed by atoms with E-state index < -0.39 is 5.60 Å². The molecule has 3 aromatic carbocycles. The van der Waals surface area contributed by atoms with Crippen LogP contribution >= 0.6 is 11.6 Å². The summed E-state index contributed by atoms with van der Waals surface area (Å²) in [6.45, 7) is 6.82. The fourth-order valence-corrected chi connectivity index (χ4v) is 6.71. The van der Waals surface area contributed by atoms with Gasteiger partial charge in [0.1, 0.15) is 6.54 Å². The highest BCUT2D eigenvalue weighted by atomic mass is 35.5. The van der Waals surface area contributed by atoms with Crippen LogP contribution in [0.3, 0.4) is 0 Å². The zero-order valence-corrected chi connectivity index (χ0v) is 26.3. The van der Waals surface area contributed by atoms with E-state index in [9.17, 15) is 14.7 Å². The lowest BCUT2D eigenvalue weighted by Gasteiger charge is -2.38. The molecule has 6 rings (SSSR count). The highest BCUT2D eigenvalue weighted by Gasteiger charge is 2.34. The van der Waals surface area contributed by atoms with E-state index in [1.165, 1.54) is 0 Å². The molecular weight excluding hydrogens is 588 g/mol. The number of hydrogen-bond acceptors (Lipinski definition) is 6. The third-order valence-corrected chi connectivity index (χ3v) is 9.44. The molecule has 0 unspecified atom stereocenters. The van der Waals surface area contributed by atoms with Gasteiger partial charge < -0.3 is 20.1 Å². The zero-order chi connectivity index (χ0) is 31.2. The molecule has 0 spiro atoms. The Bertz CT molecular complexity index is 1530. The molecule has 3 heterocycles. The average Bonchev–Trinajstić information content (AvgIpc) is 3.16. The first-order chi connectivity index (χ1) is 21.9. The van der Waals surface area contributed by atoms with Crippen LogP contribution in [0.4, 0.5) is 5.69 Å². The predicted molar refractivity (Wildman–Crippen MR) is 178 cm³/mol. The van der Waals surface area contributed by atoms with Gasteiger partial charge in [0.15, 0.2) is 0 Å². The number of aliphatic hydroxyl groups is 1. The molecule has 0 saturated carbocycles. The summed E-state index contributed by atoms with van der Waals surface area (Å²) in [5, 5.41) is 15.0. The summed E-state index contributed by atoms with van der Waals surface area (Å²) < 4.78 is 5.41. The molecule has 0 aromatic heterocycles. The number of amides is 2. The minimum atomic E-state index is -0.836. The molecule has 0 bridgehead atoms. The number of carbonyl (C=O) groups is 2. The van der Waals surface area contributed by atoms with E-state index in [2.05, 4.69) is 21.2 Å². The Labute approximate surface area is 270 Å². The maximum Gasteiger partial charge on any atom is 0.259 e. The van der Waals surface area contributed by atoms with Gasteiger partial charge in [-0.15, -0.1) is 0 Å². The number of nitrogens with zero attached hydrogens (tertiary/aromatic N) is 3. The van der Waals surface area contributed by atoms with Gasteiger partial charge >= 0.3 is 0 Å². The van der Waals surface area contributed by atoms with Crippen molar-refractivity contribution in [1.82, 2.24) is 15.1 Å². The number of para-hydroxylation sites is 1. The lowest BCUT2D eigenvalue weighted by Crippen LogP contribution is -2.45. The predicted octanol–water partition coefficient (Wildman–Crippen LogP) is 4.55. The Morgan fingerprint density at radius 2 is 1.51 bits per heavy atom. The van der Waals surface area contributed by atoms with Crippen LogP contribution < -0.4 is 10.2 Å². The lowest BCUT2D eigenvalue weighted by atomic mass is 9.84. The van der Waals surface area contributed by atoms with Crippen LogP contribution in [0.2, 0.25) is 5.02 Å².